The predicted molar refractivity (Wildman–Crippen MR) is 81.1 cm³/mol. The molecule has 1 saturated carbocycles. The third-order valence-corrected chi connectivity index (χ3v) is 3.91. The summed E-state index contributed by atoms with van der Waals surface area (Å²) < 4.78 is 5.67. The smallest absolute Gasteiger partial charge is 0.250 e. The second-order valence-corrected chi connectivity index (χ2v) is 5.56. The first-order chi connectivity index (χ1) is 9.67. The van der Waals surface area contributed by atoms with Gasteiger partial charge in [0, 0.05) is 16.8 Å². The monoisotopic (exact) mass is 296 g/mol. The first kappa shape index (κ1) is 15.3. The Morgan fingerprint density at radius 2 is 1.90 bits per heavy atom. The third-order valence-electron chi connectivity index (χ3n) is 3.66. The molecule has 0 spiro atoms. The normalized spacial score (nSPS) is 22.5. The quantitative estimate of drug-likeness (QED) is 0.878. The molecule has 1 amide bonds. The van der Waals surface area contributed by atoms with Gasteiger partial charge in [-0.3, -0.25) is 4.79 Å². The number of nitrogens with one attached hydrogen (secondary N) is 2. The molecule has 0 aromatic heterocycles. The van der Waals surface area contributed by atoms with Gasteiger partial charge in [-0.25, -0.2) is 0 Å². The van der Waals surface area contributed by atoms with Crippen molar-refractivity contribution in [2.45, 2.75) is 37.8 Å². The Bertz CT molecular complexity index is 428. The van der Waals surface area contributed by atoms with Crippen LogP contribution < -0.4 is 10.6 Å². The average molecular weight is 297 g/mol. The minimum atomic E-state index is -0.122. The molecule has 0 bridgehead atoms. The van der Waals surface area contributed by atoms with Crippen LogP contribution in [-0.4, -0.2) is 31.7 Å². The van der Waals surface area contributed by atoms with E-state index in [2.05, 4.69) is 10.6 Å². The minimum absolute atomic E-state index is 0.109. The van der Waals surface area contributed by atoms with E-state index in [1.54, 1.807) is 24.3 Å². The topological polar surface area (TPSA) is 50.4 Å². The van der Waals surface area contributed by atoms with Crippen LogP contribution in [0, 0.1) is 0 Å². The Morgan fingerprint density at radius 1 is 1.25 bits per heavy atom. The average Bonchev–Trinajstić information content (AvgIpc) is 2.48. The molecule has 2 rings (SSSR count). The van der Waals surface area contributed by atoms with Gasteiger partial charge in [0.2, 0.25) is 5.91 Å². The molecule has 1 aromatic rings. The molecule has 0 unspecified atom stereocenters. The van der Waals surface area contributed by atoms with Gasteiger partial charge in [-0.05, 0) is 57.0 Å². The number of anilines is 1. The summed E-state index contributed by atoms with van der Waals surface area (Å²) in [4.78, 5) is 11.8. The Kier molecular flexibility index (Phi) is 5.83. The molecule has 2 N–H and O–H groups in total. The first-order valence-electron chi connectivity index (χ1n) is 7.01. The Balaban J connectivity index is 1.69. The molecule has 0 radical (unpaired) electrons. The van der Waals surface area contributed by atoms with Crippen LogP contribution in [-0.2, 0) is 9.53 Å². The van der Waals surface area contributed by atoms with Gasteiger partial charge < -0.3 is 15.4 Å². The zero-order valence-corrected chi connectivity index (χ0v) is 12.5. The van der Waals surface area contributed by atoms with E-state index in [0.717, 1.165) is 31.4 Å². The number of rotatable bonds is 5. The number of hydrogen-bond donors (Lipinski definition) is 2. The number of carbonyl (C=O) groups is 1. The van der Waals surface area contributed by atoms with Crippen molar-refractivity contribution >= 4 is 23.2 Å². The van der Waals surface area contributed by atoms with E-state index in [4.69, 9.17) is 16.3 Å². The first-order valence-corrected chi connectivity index (χ1v) is 7.39. The molecule has 5 heteroatoms. The van der Waals surface area contributed by atoms with E-state index in [0.29, 0.717) is 11.1 Å². The van der Waals surface area contributed by atoms with Crippen molar-refractivity contribution in [3.63, 3.8) is 0 Å². The molecular formula is C15H21ClN2O2. The highest BCUT2D eigenvalue weighted by Gasteiger charge is 2.20. The van der Waals surface area contributed by atoms with Crippen LogP contribution in [0.3, 0.4) is 0 Å². The van der Waals surface area contributed by atoms with Crippen LogP contribution in [0.2, 0.25) is 5.02 Å². The molecule has 0 atom stereocenters. The fraction of sp³-hybridized carbons (Fsp3) is 0.533. The summed E-state index contributed by atoms with van der Waals surface area (Å²) >= 11 is 5.79. The molecule has 1 aliphatic carbocycles. The Morgan fingerprint density at radius 3 is 2.50 bits per heavy atom. The number of ether oxygens (including phenoxy) is 1. The summed E-state index contributed by atoms with van der Waals surface area (Å²) in [7, 11) is 1.99. The van der Waals surface area contributed by atoms with Crippen LogP contribution in [0.5, 0.6) is 0 Å². The van der Waals surface area contributed by atoms with Crippen molar-refractivity contribution in [3.8, 4) is 0 Å². The van der Waals surface area contributed by atoms with Gasteiger partial charge >= 0.3 is 0 Å². The number of halogens is 1. The lowest BCUT2D eigenvalue weighted by molar-refractivity contribution is -0.123. The van der Waals surface area contributed by atoms with Gasteiger partial charge in [0.25, 0.3) is 0 Å². The fourth-order valence-corrected chi connectivity index (χ4v) is 2.57. The fourth-order valence-electron chi connectivity index (χ4n) is 2.44. The van der Waals surface area contributed by atoms with Crippen LogP contribution in [0.1, 0.15) is 25.7 Å². The molecule has 0 heterocycles. The number of amides is 1. The second-order valence-electron chi connectivity index (χ2n) is 5.13. The van der Waals surface area contributed by atoms with Crippen LogP contribution in [0.15, 0.2) is 24.3 Å². The molecule has 0 saturated heterocycles. The zero-order valence-electron chi connectivity index (χ0n) is 11.7. The van der Waals surface area contributed by atoms with Crippen LogP contribution >= 0.6 is 11.6 Å². The summed E-state index contributed by atoms with van der Waals surface area (Å²) in [5.41, 5.74) is 0.738. The maximum absolute atomic E-state index is 11.8. The van der Waals surface area contributed by atoms with Gasteiger partial charge in [0.1, 0.15) is 6.61 Å². The molecule has 1 fully saturated rings. The van der Waals surface area contributed by atoms with Crippen molar-refractivity contribution in [3.05, 3.63) is 29.3 Å². The summed E-state index contributed by atoms with van der Waals surface area (Å²) in [6, 6.07) is 7.64. The highest BCUT2D eigenvalue weighted by atomic mass is 35.5. The predicted octanol–water partition coefficient (Wildman–Crippen LogP) is 2.83. The summed E-state index contributed by atoms with van der Waals surface area (Å²) in [5.74, 6) is -0.122. The summed E-state index contributed by atoms with van der Waals surface area (Å²) in [6.45, 7) is 0.109. The van der Waals surface area contributed by atoms with Gasteiger partial charge in [-0.2, -0.15) is 0 Å². The largest absolute Gasteiger partial charge is 0.368 e. The Hall–Kier alpha value is -1.10. The van der Waals surface area contributed by atoms with Gasteiger partial charge in [0.05, 0.1) is 6.10 Å². The summed E-state index contributed by atoms with van der Waals surface area (Å²) in [5, 5.41) is 6.73. The lowest BCUT2D eigenvalue weighted by Crippen LogP contribution is -2.34. The van der Waals surface area contributed by atoms with E-state index in [1.807, 2.05) is 7.05 Å². The van der Waals surface area contributed by atoms with E-state index >= 15 is 0 Å². The van der Waals surface area contributed by atoms with Crippen molar-refractivity contribution in [2.24, 2.45) is 0 Å². The van der Waals surface area contributed by atoms with E-state index in [1.165, 1.54) is 0 Å². The van der Waals surface area contributed by atoms with Crippen molar-refractivity contribution < 1.29 is 9.53 Å². The molecule has 1 aliphatic rings. The van der Waals surface area contributed by atoms with Gasteiger partial charge in [0.15, 0.2) is 0 Å². The van der Waals surface area contributed by atoms with Crippen LogP contribution in [0.25, 0.3) is 0 Å². The van der Waals surface area contributed by atoms with Crippen LogP contribution in [0.4, 0.5) is 5.69 Å². The standard InChI is InChI=1S/C15H21ClN2O2/c1-17-12-6-8-14(9-7-12)20-10-15(19)18-13-4-2-11(16)3-5-13/h2-5,12,14,17H,6-10H2,1H3,(H,18,19). The minimum Gasteiger partial charge on any atom is -0.368 e. The SMILES string of the molecule is CNC1CCC(OCC(=O)Nc2ccc(Cl)cc2)CC1. The number of carbonyl (C=O) groups excluding carboxylic acids is 1. The molecule has 110 valence electrons. The van der Waals surface area contributed by atoms with E-state index in [-0.39, 0.29) is 18.6 Å². The molecule has 4 nitrogen and oxygen atoms in total. The summed E-state index contributed by atoms with van der Waals surface area (Å²) in [6.07, 6.45) is 4.45. The maximum atomic E-state index is 11.8. The lowest BCUT2D eigenvalue weighted by Gasteiger charge is -2.28. The van der Waals surface area contributed by atoms with Gasteiger partial charge in [-0.15, -0.1) is 0 Å². The van der Waals surface area contributed by atoms with Crippen molar-refractivity contribution in [1.29, 1.82) is 0 Å². The second kappa shape index (κ2) is 7.62. The molecular weight excluding hydrogens is 276 g/mol. The molecule has 0 aliphatic heterocycles. The van der Waals surface area contributed by atoms with Crippen molar-refractivity contribution in [2.75, 3.05) is 19.0 Å². The highest BCUT2D eigenvalue weighted by molar-refractivity contribution is 6.30. The highest BCUT2D eigenvalue weighted by Crippen LogP contribution is 2.21. The van der Waals surface area contributed by atoms with Crippen molar-refractivity contribution in [1.82, 2.24) is 5.32 Å². The third kappa shape index (κ3) is 4.78. The molecule has 1 aromatic carbocycles. The zero-order chi connectivity index (χ0) is 14.4. The van der Waals surface area contributed by atoms with E-state index < -0.39 is 0 Å². The number of benzene rings is 1. The lowest BCUT2D eigenvalue weighted by atomic mass is 9.93. The number of hydrogen-bond acceptors (Lipinski definition) is 3. The Labute approximate surface area is 124 Å². The maximum Gasteiger partial charge on any atom is 0.250 e. The van der Waals surface area contributed by atoms with Gasteiger partial charge in [-0.1, -0.05) is 11.6 Å². The van der Waals surface area contributed by atoms with E-state index in [9.17, 15) is 4.79 Å². The molecule has 20 heavy (non-hydrogen) atoms.